The average molecular weight is 523 g/mol. The summed E-state index contributed by atoms with van der Waals surface area (Å²) in [5.74, 6) is 0.744. The van der Waals surface area contributed by atoms with Crippen molar-refractivity contribution in [3.63, 3.8) is 0 Å². The summed E-state index contributed by atoms with van der Waals surface area (Å²) in [5.41, 5.74) is 6.44. The number of aryl methyl sites for hydroxylation is 1. The number of nitrogens with zero attached hydrogens (tertiary/aromatic N) is 1. The molecule has 0 aliphatic rings. The summed E-state index contributed by atoms with van der Waals surface area (Å²) in [5, 5.41) is 22.9. The molecular weight excluding hydrogens is 483 g/mol. The van der Waals surface area contributed by atoms with Crippen molar-refractivity contribution in [2.45, 2.75) is 60.0 Å². The topological polar surface area (TPSA) is 56.0 Å². The van der Waals surface area contributed by atoms with Gasteiger partial charge in [-0.2, -0.15) is 5.26 Å². The molecule has 198 valence electrons. The molecule has 0 radical (unpaired) electrons. The fourth-order valence-electron chi connectivity index (χ4n) is 4.06. The zero-order valence-corrected chi connectivity index (χ0v) is 23.7. The van der Waals surface area contributed by atoms with Gasteiger partial charge in [-0.15, -0.1) is 0 Å². The van der Waals surface area contributed by atoms with Crippen molar-refractivity contribution in [2.24, 2.45) is 11.8 Å². The van der Waals surface area contributed by atoms with Crippen LogP contribution in [-0.2, 0) is 19.3 Å². The number of likely N-dealkylation sites (N-methyl/N-ethyl adjacent to an activating group) is 1. The number of hydrogen-bond donors (Lipinski definition) is 2. The molecule has 2 unspecified atom stereocenters. The van der Waals surface area contributed by atoms with E-state index < -0.39 is 11.9 Å². The maximum absolute atomic E-state index is 14.0. The number of rotatable bonds is 9. The lowest BCUT2D eigenvalue weighted by Crippen LogP contribution is -2.10. The van der Waals surface area contributed by atoms with Crippen molar-refractivity contribution in [3.05, 3.63) is 104 Å². The highest BCUT2D eigenvalue weighted by Gasteiger charge is 2.12. The molecule has 5 heteroatoms. The second-order valence-corrected chi connectivity index (χ2v) is 10.6. The summed E-state index contributed by atoms with van der Waals surface area (Å²) in [6.07, 6.45) is 1.69. The number of hydrogen-bond acceptors (Lipinski definition) is 3. The van der Waals surface area contributed by atoms with E-state index in [9.17, 15) is 14.8 Å². The minimum Gasteiger partial charge on any atom is -0.389 e. The maximum Gasteiger partial charge on any atom is 0.129 e. The van der Waals surface area contributed by atoms with Gasteiger partial charge in [0, 0.05) is 10.6 Å². The Morgan fingerprint density at radius 3 is 2.22 bits per heavy atom. The van der Waals surface area contributed by atoms with Crippen LogP contribution in [0.15, 0.2) is 54.6 Å². The molecule has 3 rings (SSSR count). The van der Waals surface area contributed by atoms with Crippen molar-refractivity contribution in [1.82, 2.24) is 5.32 Å². The lowest BCUT2D eigenvalue weighted by Gasteiger charge is -2.16. The van der Waals surface area contributed by atoms with Crippen LogP contribution in [0.3, 0.4) is 0 Å². The van der Waals surface area contributed by atoms with Gasteiger partial charge in [-0.3, -0.25) is 0 Å². The highest BCUT2D eigenvalue weighted by molar-refractivity contribution is 6.30. The van der Waals surface area contributed by atoms with E-state index in [1.54, 1.807) is 19.1 Å². The van der Waals surface area contributed by atoms with Gasteiger partial charge in [-0.25, -0.2) is 4.39 Å². The van der Waals surface area contributed by atoms with Crippen LogP contribution in [0.4, 0.5) is 4.39 Å². The molecular formula is C32H40ClFN2O. The Morgan fingerprint density at radius 1 is 0.973 bits per heavy atom. The van der Waals surface area contributed by atoms with E-state index in [0.29, 0.717) is 29.4 Å². The van der Waals surface area contributed by atoms with Gasteiger partial charge in [-0.1, -0.05) is 62.7 Å². The maximum atomic E-state index is 14.0. The van der Waals surface area contributed by atoms with E-state index in [1.165, 1.54) is 17.2 Å². The van der Waals surface area contributed by atoms with Crippen LogP contribution in [0.25, 0.3) is 0 Å². The summed E-state index contributed by atoms with van der Waals surface area (Å²) in [6, 6.07) is 19.2. The van der Waals surface area contributed by atoms with Crippen LogP contribution in [0.2, 0.25) is 5.02 Å². The summed E-state index contributed by atoms with van der Waals surface area (Å²) in [4.78, 5) is 0. The number of benzene rings is 3. The molecule has 0 aliphatic carbocycles. The number of nitriles is 1. The largest absolute Gasteiger partial charge is 0.389 e. The van der Waals surface area contributed by atoms with Crippen LogP contribution in [-0.4, -0.2) is 18.7 Å². The minimum absolute atomic E-state index is 0.294. The monoisotopic (exact) mass is 522 g/mol. The highest BCUT2D eigenvalue weighted by atomic mass is 35.5. The predicted molar refractivity (Wildman–Crippen MR) is 153 cm³/mol. The smallest absolute Gasteiger partial charge is 0.129 e. The molecule has 3 aromatic carbocycles. The van der Waals surface area contributed by atoms with Crippen molar-refractivity contribution in [1.29, 1.82) is 5.26 Å². The van der Waals surface area contributed by atoms with Crippen LogP contribution >= 0.6 is 11.6 Å². The summed E-state index contributed by atoms with van der Waals surface area (Å²) >= 11 is 5.84. The Hall–Kier alpha value is -2.71. The van der Waals surface area contributed by atoms with Gasteiger partial charge in [0.25, 0.3) is 0 Å². The van der Waals surface area contributed by atoms with Crippen LogP contribution in [0.1, 0.15) is 72.7 Å². The Bertz CT molecular complexity index is 1200. The van der Waals surface area contributed by atoms with Crippen molar-refractivity contribution in [3.8, 4) is 6.07 Å². The fourth-order valence-corrected chi connectivity index (χ4v) is 4.28. The molecule has 2 N–H and O–H groups in total. The van der Waals surface area contributed by atoms with Crippen LogP contribution in [0.5, 0.6) is 0 Å². The molecule has 0 saturated heterocycles. The third-order valence-corrected chi connectivity index (χ3v) is 7.08. The normalized spacial score (nSPS) is 12.5. The minimum atomic E-state index is -0.828. The lowest BCUT2D eigenvalue weighted by molar-refractivity contribution is 0.194. The van der Waals surface area contributed by atoms with E-state index in [2.05, 4.69) is 51.2 Å². The molecule has 37 heavy (non-hydrogen) atoms. The van der Waals surface area contributed by atoms with Gasteiger partial charge >= 0.3 is 0 Å². The van der Waals surface area contributed by atoms with E-state index in [-0.39, 0.29) is 0 Å². The molecule has 0 amide bonds. The predicted octanol–water partition coefficient (Wildman–Crippen LogP) is 7.59. The van der Waals surface area contributed by atoms with Crippen molar-refractivity contribution < 1.29 is 9.50 Å². The van der Waals surface area contributed by atoms with E-state index >= 15 is 0 Å². The Balaban J connectivity index is 0.000000335. The standard InChI is InChI=1S/C22H26FNO.C10H14ClN/c1-14(2)15(3)9-17-5-7-19(20(11-17)13-24)10-18-6-8-21(16(4)25)22(23)12-18;1-8-7-10(11)4-3-9(8)5-6-12-2/h5-8,11-12,14-16,25H,9-10H2,1-4H3;3-4,7,12H,5-6H2,1-2H3. The molecule has 0 spiro atoms. The average Bonchev–Trinajstić information content (AvgIpc) is 2.84. The zero-order valence-electron chi connectivity index (χ0n) is 22.9. The zero-order chi connectivity index (χ0) is 27.5. The Morgan fingerprint density at radius 2 is 1.65 bits per heavy atom. The molecule has 0 aromatic heterocycles. The number of aliphatic hydroxyl groups is 1. The Labute approximate surface area is 227 Å². The summed E-state index contributed by atoms with van der Waals surface area (Å²) in [6.45, 7) is 11.3. The van der Waals surface area contributed by atoms with Crippen LogP contribution < -0.4 is 5.32 Å². The molecule has 0 bridgehead atoms. The molecule has 3 nitrogen and oxygen atoms in total. The van der Waals surface area contributed by atoms with Gasteiger partial charge in [0.1, 0.15) is 5.82 Å². The van der Waals surface area contributed by atoms with Gasteiger partial charge < -0.3 is 10.4 Å². The van der Waals surface area contributed by atoms with Gasteiger partial charge in [0.05, 0.1) is 17.7 Å². The summed E-state index contributed by atoms with van der Waals surface area (Å²) < 4.78 is 14.0. The molecule has 0 saturated carbocycles. The second-order valence-electron chi connectivity index (χ2n) is 10.2. The summed E-state index contributed by atoms with van der Waals surface area (Å²) in [7, 11) is 1.96. The number of nitrogens with one attached hydrogen (secondary N) is 1. The first-order valence-corrected chi connectivity index (χ1v) is 13.3. The molecule has 0 fully saturated rings. The van der Waals surface area contributed by atoms with Gasteiger partial charge in [-0.05, 0) is 111 Å². The quantitative estimate of drug-likeness (QED) is 0.304. The second kappa shape index (κ2) is 14.9. The number of halogens is 2. The van der Waals surface area contributed by atoms with E-state index in [0.717, 1.165) is 41.1 Å². The number of aliphatic hydroxyl groups excluding tert-OH is 1. The van der Waals surface area contributed by atoms with Crippen LogP contribution in [0, 0.1) is 35.9 Å². The fraction of sp³-hybridized carbons (Fsp3) is 0.406. The third-order valence-electron chi connectivity index (χ3n) is 6.85. The van der Waals surface area contributed by atoms with E-state index in [1.807, 2.05) is 31.3 Å². The molecule has 2 atom stereocenters. The van der Waals surface area contributed by atoms with E-state index in [4.69, 9.17) is 11.6 Å². The molecule has 0 heterocycles. The third kappa shape index (κ3) is 9.59. The SMILES string of the molecule is CC(O)c1ccc(Cc2ccc(CC(C)C(C)C)cc2C#N)cc1F.CNCCc1ccc(Cl)cc1C. The van der Waals surface area contributed by atoms with Crippen molar-refractivity contribution >= 4 is 11.6 Å². The molecule has 3 aromatic rings. The van der Waals surface area contributed by atoms with Gasteiger partial charge in [0.2, 0.25) is 0 Å². The molecule has 0 aliphatic heterocycles. The first-order chi connectivity index (χ1) is 17.5. The first-order valence-electron chi connectivity index (χ1n) is 12.9. The first kappa shape index (κ1) is 30.5. The highest BCUT2D eigenvalue weighted by Crippen LogP contribution is 2.23. The van der Waals surface area contributed by atoms with Crippen molar-refractivity contribution in [2.75, 3.05) is 13.6 Å². The Kier molecular flexibility index (Phi) is 12.3. The van der Waals surface area contributed by atoms with Gasteiger partial charge in [0.15, 0.2) is 0 Å². The lowest BCUT2D eigenvalue weighted by atomic mass is 9.89.